The average Bonchev–Trinajstić information content (AvgIpc) is 3.12. The van der Waals surface area contributed by atoms with Gasteiger partial charge in [0, 0.05) is 24.3 Å². The first-order valence-electron chi connectivity index (χ1n) is 8.96. The van der Waals surface area contributed by atoms with Gasteiger partial charge in [-0.3, -0.25) is 9.48 Å². The summed E-state index contributed by atoms with van der Waals surface area (Å²) in [7, 11) is 1.69. The van der Waals surface area contributed by atoms with Crippen molar-refractivity contribution in [1.29, 1.82) is 5.26 Å². The van der Waals surface area contributed by atoms with Crippen LogP contribution in [-0.2, 0) is 22.0 Å². The third kappa shape index (κ3) is 4.81. The van der Waals surface area contributed by atoms with E-state index in [1.165, 1.54) is 16.0 Å². The van der Waals surface area contributed by atoms with Crippen molar-refractivity contribution >= 4 is 40.2 Å². The molecule has 2 aromatic heterocycles. The van der Waals surface area contributed by atoms with E-state index in [0.717, 1.165) is 5.01 Å². The molecule has 0 atom stereocenters. The molecule has 0 aromatic carbocycles. The fraction of sp³-hybridized carbons (Fsp3) is 0.500. The molecule has 0 bridgehead atoms. The molecule has 28 heavy (non-hydrogen) atoms. The van der Waals surface area contributed by atoms with Crippen LogP contribution < -0.4 is 0 Å². The van der Waals surface area contributed by atoms with Gasteiger partial charge in [-0.05, 0) is 12.8 Å². The number of allylic oxidation sites excluding steroid dienone is 1. The van der Waals surface area contributed by atoms with Crippen LogP contribution in [0.1, 0.15) is 63.0 Å². The molecule has 0 radical (unpaired) electrons. The van der Waals surface area contributed by atoms with Crippen molar-refractivity contribution in [2.24, 2.45) is 13.0 Å². The molecule has 2 aromatic rings. The highest BCUT2D eigenvalue weighted by molar-refractivity contribution is 7.10. The highest BCUT2D eigenvalue weighted by atomic mass is 35.5. The quantitative estimate of drug-likeness (QED) is 0.381. The van der Waals surface area contributed by atoms with E-state index in [9.17, 15) is 10.1 Å². The number of esters is 1. The van der Waals surface area contributed by atoms with Crippen molar-refractivity contribution in [3.8, 4) is 6.07 Å². The summed E-state index contributed by atoms with van der Waals surface area (Å²) < 4.78 is 7.15. The molecule has 0 aliphatic heterocycles. The molecular weight excluding hydrogens is 396 g/mol. The Morgan fingerprint density at radius 1 is 1.43 bits per heavy atom. The molecule has 0 aliphatic carbocycles. The molecule has 2 heterocycles. The van der Waals surface area contributed by atoms with Crippen molar-refractivity contribution in [1.82, 2.24) is 14.8 Å². The number of aryl methyl sites for hydroxylation is 2. The number of carbonyl (C=O) groups excluding carboxylic acids is 1. The van der Waals surface area contributed by atoms with Crippen LogP contribution in [0.25, 0.3) is 11.3 Å². The number of ether oxygens (including phenoxy) is 1. The molecule has 150 valence electrons. The van der Waals surface area contributed by atoms with Crippen LogP contribution in [0, 0.1) is 24.2 Å². The standard InChI is InChI=1S/C20H25ClN4O2S/c1-11(2)8-15(26)27-17(16-12(3)24-25(7)18(16)21)13(9-22)14-10-28-19(23-14)20(4,5)6/h10-11H,8H2,1-7H3. The summed E-state index contributed by atoms with van der Waals surface area (Å²) in [6.07, 6.45) is 0.226. The maximum absolute atomic E-state index is 12.4. The summed E-state index contributed by atoms with van der Waals surface area (Å²) in [6, 6.07) is 2.15. The number of aromatic nitrogens is 3. The molecule has 0 fully saturated rings. The number of carbonyl (C=O) groups is 1. The zero-order chi connectivity index (χ0) is 21.2. The molecule has 0 spiro atoms. The zero-order valence-electron chi connectivity index (χ0n) is 17.3. The predicted octanol–water partition coefficient (Wildman–Crippen LogP) is 5.12. The molecular formula is C20H25ClN4O2S. The average molecular weight is 421 g/mol. The number of thiazole rings is 1. The summed E-state index contributed by atoms with van der Waals surface area (Å²) in [4.78, 5) is 17.0. The van der Waals surface area contributed by atoms with Crippen LogP contribution in [0.5, 0.6) is 0 Å². The second-order valence-corrected chi connectivity index (χ2v) is 9.27. The van der Waals surface area contributed by atoms with Crippen molar-refractivity contribution in [2.45, 2.75) is 53.4 Å². The first-order chi connectivity index (χ1) is 13.0. The predicted molar refractivity (Wildman–Crippen MR) is 112 cm³/mol. The van der Waals surface area contributed by atoms with Gasteiger partial charge in [-0.15, -0.1) is 11.3 Å². The Kier molecular flexibility index (Phi) is 6.68. The fourth-order valence-corrected chi connectivity index (χ4v) is 3.72. The molecule has 0 aliphatic rings. The Morgan fingerprint density at radius 2 is 2.07 bits per heavy atom. The molecule has 0 N–H and O–H groups in total. The smallest absolute Gasteiger partial charge is 0.311 e. The lowest BCUT2D eigenvalue weighted by atomic mass is 9.98. The van der Waals surface area contributed by atoms with E-state index < -0.39 is 5.97 Å². The summed E-state index contributed by atoms with van der Waals surface area (Å²) in [5.74, 6) is -0.200. The lowest BCUT2D eigenvalue weighted by molar-refractivity contribution is -0.137. The van der Waals surface area contributed by atoms with E-state index in [1.807, 2.05) is 13.8 Å². The molecule has 0 saturated heterocycles. The molecule has 0 amide bonds. The Morgan fingerprint density at radius 3 is 2.50 bits per heavy atom. The van der Waals surface area contributed by atoms with Gasteiger partial charge in [0.25, 0.3) is 0 Å². The van der Waals surface area contributed by atoms with E-state index >= 15 is 0 Å². The Bertz CT molecular complexity index is 958. The minimum Gasteiger partial charge on any atom is -0.424 e. The molecule has 6 nitrogen and oxygen atoms in total. The zero-order valence-corrected chi connectivity index (χ0v) is 18.8. The highest BCUT2D eigenvalue weighted by Gasteiger charge is 2.27. The van der Waals surface area contributed by atoms with E-state index in [-0.39, 0.29) is 29.1 Å². The summed E-state index contributed by atoms with van der Waals surface area (Å²) in [5.41, 5.74) is 1.48. The van der Waals surface area contributed by atoms with Crippen LogP contribution in [0.4, 0.5) is 0 Å². The van der Waals surface area contributed by atoms with Gasteiger partial charge < -0.3 is 4.74 Å². The van der Waals surface area contributed by atoms with Crippen LogP contribution >= 0.6 is 22.9 Å². The number of rotatable bonds is 5. The minimum absolute atomic E-state index is 0.106. The van der Waals surface area contributed by atoms with Crippen LogP contribution in [0.2, 0.25) is 5.15 Å². The summed E-state index contributed by atoms with van der Waals surface area (Å²) >= 11 is 7.88. The van der Waals surface area contributed by atoms with Gasteiger partial charge in [-0.25, -0.2) is 4.98 Å². The van der Waals surface area contributed by atoms with Gasteiger partial charge >= 0.3 is 5.97 Å². The maximum Gasteiger partial charge on any atom is 0.311 e. The van der Waals surface area contributed by atoms with E-state index in [1.54, 1.807) is 19.4 Å². The van der Waals surface area contributed by atoms with Gasteiger partial charge in [0.1, 0.15) is 16.8 Å². The topological polar surface area (TPSA) is 80.8 Å². The lowest BCUT2D eigenvalue weighted by Gasteiger charge is -2.14. The van der Waals surface area contributed by atoms with Crippen molar-refractivity contribution in [3.05, 3.63) is 32.5 Å². The third-order valence-corrected chi connectivity index (χ3v) is 5.61. The maximum atomic E-state index is 12.4. The number of nitriles is 1. The second-order valence-electron chi connectivity index (χ2n) is 8.05. The SMILES string of the molecule is Cc1nn(C)c(Cl)c1C(OC(=O)CC(C)C)=C(C#N)c1csc(C(C)(C)C)n1. The first kappa shape index (κ1) is 22.1. The molecule has 0 saturated carbocycles. The van der Waals surface area contributed by atoms with Crippen LogP contribution in [0.3, 0.4) is 0 Å². The van der Waals surface area contributed by atoms with Crippen molar-refractivity contribution in [2.75, 3.05) is 0 Å². The van der Waals surface area contributed by atoms with E-state index in [4.69, 9.17) is 16.3 Å². The van der Waals surface area contributed by atoms with Crippen LogP contribution in [-0.4, -0.2) is 20.7 Å². The number of hydrogen-bond donors (Lipinski definition) is 0. The monoisotopic (exact) mass is 420 g/mol. The highest BCUT2D eigenvalue weighted by Crippen LogP contribution is 2.36. The van der Waals surface area contributed by atoms with Gasteiger partial charge in [-0.2, -0.15) is 10.4 Å². The number of hydrogen-bond acceptors (Lipinski definition) is 6. The number of halogens is 1. The van der Waals surface area contributed by atoms with Gasteiger partial charge in [-0.1, -0.05) is 46.2 Å². The van der Waals surface area contributed by atoms with Crippen LogP contribution in [0.15, 0.2) is 5.38 Å². The third-order valence-electron chi connectivity index (χ3n) is 3.91. The van der Waals surface area contributed by atoms with E-state index in [0.29, 0.717) is 22.1 Å². The largest absolute Gasteiger partial charge is 0.424 e. The Labute approximate surface area is 174 Å². The first-order valence-corrected chi connectivity index (χ1v) is 10.2. The van der Waals surface area contributed by atoms with Gasteiger partial charge in [0.05, 0.1) is 22.0 Å². The Balaban J connectivity index is 2.68. The number of nitrogens with zero attached hydrogens (tertiary/aromatic N) is 4. The minimum atomic E-state index is -0.427. The van der Waals surface area contributed by atoms with Crippen molar-refractivity contribution in [3.63, 3.8) is 0 Å². The normalized spacial score (nSPS) is 12.7. The molecule has 0 unspecified atom stereocenters. The van der Waals surface area contributed by atoms with Gasteiger partial charge in [0.2, 0.25) is 0 Å². The second kappa shape index (κ2) is 8.46. The van der Waals surface area contributed by atoms with Crippen molar-refractivity contribution < 1.29 is 9.53 Å². The van der Waals surface area contributed by atoms with E-state index in [2.05, 4.69) is 36.9 Å². The fourth-order valence-electron chi connectivity index (χ4n) is 2.56. The lowest BCUT2D eigenvalue weighted by Crippen LogP contribution is -2.11. The van der Waals surface area contributed by atoms with Gasteiger partial charge in [0.15, 0.2) is 5.76 Å². The molecule has 8 heteroatoms. The summed E-state index contributed by atoms with van der Waals surface area (Å²) in [5, 5.41) is 17.2. The summed E-state index contributed by atoms with van der Waals surface area (Å²) in [6.45, 7) is 11.8. The molecule has 2 rings (SSSR count). The Hall–Kier alpha value is -2.17.